The normalized spacial score (nSPS) is 11.2. The van der Waals surface area contributed by atoms with Crippen molar-refractivity contribution in [2.75, 3.05) is 18.2 Å². The fraction of sp³-hybridized carbons (Fsp3) is 0.154. The first-order chi connectivity index (χ1) is 19.0. The summed E-state index contributed by atoms with van der Waals surface area (Å²) >= 11 is 13.0. The maximum absolute atomic E-state index is 13.4. The zero-order valence-electron chi connectivity index (χ0n) is 20.6. The van der Waals surface area contributed by atoms with Gasteiger partial charge in [0.25, 0.3) is 5.91 Å². The zero-order chi connectivity index (χ0) is 28.9. The van der Waals surface area contributed by atoms with Crippen LogP contribution in [0.25, 0.3) is 5.69 Å². The Morgan fingerprint density at radius 2 is 1.77 bits per heavy atom. The predicted octanol–water partition coefficient (Wildman–Crippen LogP) is 6.26. The van der Waals surface area contributed by atoms with Crippen LogP contribution in [-0.2, 0) is 17.5 Å². The van der Waals surface area contributed by atoms with Crippen molar-refractivity contribution in [3.63, 3.8) is 0 Å². The van der Waals surface area contributed by atoms with E-state index in [2.05, 4.69) is 20.8 Å². The number of rotatable bonds is 9. The zero-order valence-corrected chi connectivity index (χ0v) is 23.0. The number of anilines is 1. The molecule has 0 radical (unpaired) electrons. The van der Waals surface area contributed by atoms with Gasteiger partial charge in [-0.1, -0.05) is 41.0 Å². The standard InChI is InChI=1S/C26H20Cl2F3N5O3S/c1-39-19-8-6-17(7-9-19)33-23(37)14-40-25-35-34-22(13-32-24(38)20-12-16(27)5-10-21(20)28)36(25)18-4-2-3-15(11-18)26(29,30)31/h2-12H,13-14H2,1H3,(H,32,38)(H,33,37). The number of thioether (sulfide) groups is 1. The Labute approximate surface area is 240 Å². The minimum absolute atomic E-state index is 0.0999. The maximum Gasteiger partial charge on any atom is 0.416 e. The van der Waals surface area contributed by atoms with Crippen LogP contribution in [0.3, 0.4) is 0 Å². The fourth-order valence-corrected chi connectivity index (χ4v) is 4.66. The predicted molar refractivity (Wildman–Crippen MR) is 146 cm³/mol. The summed E-state index contributed by atoms with van der Waals surface area (Å²) in [5.41, 5.74) is -0.131. The quantitative estimate of drug-likeness (QED) is 0.217. The molecule has 2 amide bonds. The molecular weight excluding hydrogens is 590 g/mol. The number of benzene rings is 3. The first-order valence-electron chi connectivity index (χ1n) is 11.5. The number of aromatic nitrogens is 3. The van der Waals surface area contributed by atoms with Crippen LogP contribution in [0, 0.1) is 0 Å². The maximum atomic E-state index is 13.4. The van der Waals surface area contributed by atoms with Gasteiger partial charge < -0.3 is 15.4 Å². The SMILES string of the molecule is COc1ccc(NC(=O)CSc2nnc(CNC(=O)c3cc(Cl)ccc3Cl)n2-c2cccc(C(F)(F)F)c2)cc1. The molecule has 0 unspecified atom stereocenters. The summed E-state index contributed by atoms with van der Waals surface area (Å²) in [6, 6.07) is 15.6. The summed E-state index contributed by atoms with van der Waals surface area (Å²) in [5.74, 6) is -0.311. The molecule has 0 fully saturated rings. The molecule has 0 spiro atoms. The fourth-order valence-electron chi connectivity index (χ4n) is 3.52. The molecule has 0 aliphatic rings. The molecule has 40 heavy (non-hydrogen) atoms. The van der Waals surface area contributed by atoms with E-state index in [4.69, 9.17) is 27.9 Å². The van der Waals surface area contributed by atoms with Crippen LogP contribution in [0.2, 0.25) is 10.0 Å². The summed E-state index contributed by atoms with van der Waals surface area (Å²) in [7, 11) is 1.52. The topological polar surface area (TPSA) is 98.1 Å². The second kappa shape index (κ2) is 12.6. The van der Waals surface area contributed by atoms with E-state index >= 15 is 0 Å². The molecule has 3 aromatic carbocycles. The van der Waals surface area contributed by atoms with E-state index < -0.39 is 17.6 Å². The van der Waals surface area contributed by atoms with Crippen molar-refractivity contribution in [3.05, 3.63) is 93.7 Å². The van der Waals surface area contributed by atoms with Gasteiger partial charge in [-0.15, -0.1) is 10.2 Å². The number of halogens is 5. The minimum Gasteiger partial charge on any atom is -0.497 e. The van der Waals surface area contributed by atoms with Gasteiger partial charge in [-0.3, -0.25) is 14.2 Å². The number of carbonyl (C=O) groups excluding carboxylic acids is 2. The van der Waals surface area contributed by atoms with Gasteiger partial charge in [0.15, 0.2) is 11.0 Å². The summed E-state index contributed by atoms with van der Waals surface area (Å²) in [4.78, 5) is 25.3. The molecular formula is C26H20Cl2F3N5O3S. The smallest absolute Gasteiger partial charge is 0.416 e. The molecule has 0 aliphatic carbocycles. The lowest BCUT2D eigenvalue weighted by atomic mass is 10.2. The third kappa shape index (κ3) is 7.26. The van der Waals surface area contributed by atoms with Crippen molar-refractivity contribution in [2.45, 2.75) is 17.9 Å². The number of methoxy groups -OCH3 is 1. The summed E-state index contributed by atoms with van der Waals surface area (Å²) in [6.45, 7) is -0.205. The number of nitrogens with zero attached hydrogens (tertiary/aromatic N) is 3. The van der Waals surface area contributed by atoms with E-state index in [0.29, 0.717) is 16.5 Å². The van der Waals surface area contributed by atoms with Crippen molar-refractivity contribution in [1.82, 2.24) is 20.1 Å². The largest absolute Gasteiger partial charge is 0.497 e. The lowest BCUT2D eigenvalue weighted by molar-refractivity contribution is -0.137. The Morgan fingerprint density at radius 3 is 2.48 bits per heavy atom. The van der Waals surface area contributed by atoms with Crippen LogP contribution >= 0.6 is 35.0 Å². The van der Waals surface area contributed by atoms with Gasteiger partial charge in [0.2, 0.25) is 5.91 Å². The van der Waals surface area contributed by atoms with Crippen LogP contribution in [0.15, 0.2) is 71.9 Å². The van der Waals surface area contributed by atoms with Crippen LogP contribution in [0.5, 0.6) is 5.75 Å². The first kappa shape index (κ1) is 29.2. The van der Waals surface area contributed by atoms with Gasteiger partial charge in [-0.25, -0.2) is 0 Å². The third-order valence-corrected chi connectivity index (χ3v) is 6.91. The lowest BCUT2D eigenvalue weighted by Gasteiger charge is -2.14. The molecule has 0 bridgehead atoms. The summed E-state index contributed by atoms with van der Waals surface area (Å²) < 4.78 is 46.8. The second-order valence-electron chi connectivity index (χ2n) is 8.15. The highest BCUT2D eigenvalue weighted by molar-refractivity contribution is 7.99. The Hall–Kier alpha value is -3.74. The molecule has 4 aromatic rings. The van der Waals surface area contributed by atoms with Crippen LogP contribution in [0.1, 0.15) is 21.7 Å². The number of amides is 2. The summed E-state index contributed by atoms with van der Waals surface area (Å²) in [5, 5.41) is 14.1. The average molecular weight is 610 g/mol. The van der Waals surface area contributed by atoms with Crippen molar-refractivity contribution in [3.8, 4) is 11.4 Å². The Morgan fingerprint density at radius 1 is 1.02 bits per heavy atom. The molecule has 0 atom stereocenters. The van der Waals surface area contributed by atoms with Crippen molar-refractivity contribution >= 4 is 52.5 Å². The van der Waals surface area contributed by atoms with Crippen LogP contribution < -0.4 is 15.4 Å². The Bertz CT molecular complexity index is 1530. The molecule has 1 heterocycles. The average Bonchev–Trinajstić information content (AvgIpc) is 3.34. The number of hydrogen-bond acceptors (Lipinski definition) is 6. The molecule has 0 saturated heterocycles. The molecule has 2 N–H and O–H groups in total. The van der Waals surface area contributed by atoms with Gasteiger partial charge >= 0.3 is 6.18 Å². The number of alkyl halides is 3. The molecule has 0 aliphatic heterocycles. The van der Waals surface area contributed by atoms with Crippen LogP contribution in [-0.4, -0.2) is 39.4 Å². The van der Waals surface area contributed by atoms with Gasteiger partial charge in [-0.2, -0.15) is 13.2 Å². The van der Waals surface area contributed by atoms with E-state index in [1.54, 1.807) is 24.3 Å². The van der Waals surface area contributed by atoms with Crippen molar-refractivity contribution < 1.29 is 27.5 Å². The van der Waals surface area contributed by atoms with Crippen molar-refractivity contribution in [2.24, 2.45) is 0 Å². The monoisotopic (exact) mass is 609 g/mol. The summed E-state index contributed by atoms with van der Waals surface area (Å²) in [6.07, 6.45) is -4.59. The number of carbonyl (C=O) groups is 2. The third-order valence-electron chi connectivity index (χ3n) is 5.42. The van der Waals surface area contributed by atoms with E-state index in [1.807, 2.05) is 0 Å². The van der Waals surface area contributed by atoms with Gasteiger partial charge in [0.1, 0.15) is 5.75 Å². The van der Waals surface area contributed by atoms with Gasteiger partial charge in [-0.05, 0) is 60.7 Å². The number of hydrogen-bond donors (Lipinski definition) is 2. The molecule has 8 nitrogen and oxygen atoms in total. The van der Waals surface area contributed by atoms with Crippen molar-refractivity contribution in [1.29, 1.82) is 0 Å². The highest BCUT2D eigenvalue weighted by Gasteiger charge is 2.31. The Kier molecular flexibility index (Phi) is 9.23. The molecule has 208 valence electrons. The van der Waals surface area contributed by atoms with E-state index in [-0.39, 0.29) is 45.5 Å². The van der Waals surface area contributed by atoms with Crippen LogP contribution in [0.4, 0.5) is 18.9 Å². The lowest BCUT2D eigenvalue weighted by Crippen LogP contribution is -2.25. The highest BCUT2D eigenvalue weighted by atomic mass is 35.5. The first-order valence-corrected chi connectivity index (χ1v) is 13.2. The van der Waals surface area contributed by atoms with E-state index in [1.165, 1.54) is 42.0 Å². The number of ether oxygens (including phenoxy) is 1. The number of nitrogens with one attached hydrogen (secondary N) is 2. The minimum atomic E-state index is -4.59. The van der Waals surface area contributed by atoms with Gasteiger partial charge in [0.05, 0.1) is 41.2 Å². The van der Waals surface area contributed by atoms with E-state index in [9.17, 15) is 22.8 Å². The molecule has 0 saturated carbocycles. The highest BCUT2D eigenvalue weighted by Crippen LogP contribution is 2.32. The second-order valence-corrected chi connectivity index (χ2v) is 9.94. The Balaban J connectivity index is 1.57. The molecule has 1 aromatic heterocycles. The van der Waals surface area contributed by atoms with Gasteiger partial charge in [0, 0.05) is 10.7 Å². The van der Waals surface area contributed by atoms with E-state index in [0.717, 1.165) is 23.9 Å². The molecule has 14 heteroatoms. The molecule has 4 rings (SSSR count).